The number of carbonyl (C=O) groups is 2. The largest absolute Gasteiger partial charge is 0.465 e. The highest BCUT2D eigenvalue weighted by Gasteiger charge is 2.24. The van der Waals surface area contributed by atoms with E-state index in [1.54, 1.807) is 17.0 Å². The summed E-state index contributed by atoms with van der Waals surface area (Å²) in [5.74, 6) is -0.545. The van der Waals surface area contributed by atoms with Gasteiger partial charge in [-0.05, 0) is 30.2 Å². The Morgan fingerprint density at radius 2 is 2.24 bits per heavy atom. The van der Waals surface area contributed by atoms with Gasteiger partial charge in [0, 0.05) is 12.2 Å². The standard InChI is InChI=1S/C13H13NO3/c1-3-12(15)14-7-6-9-4-5-10(8-11(9)14)13(16)17-2/h3-5,8H,1,6-7H2,2H3. The van der Waals surface area contributed by atoms with E-state index in [2.05, 4.69) is 11.3 Å². The highest BCUT2D eigenvalue weighted by atomic mass is 16.5. The van der Waals surface area contributed by atoms with Gasteiger partial charge < -0.3 is 9.64 Å². The van der Waals surface area contributed by atoms with Crippen LogP contribution in [0.1, 0.15) is 15.9 Å². The van der Waals surface area contributed by atoms with Crippen molar-refractivity contribution in [3.05, 3.63) is 42.0 Å². The van der Waals surface area contributed by atoms with Crippen LogP contribution in [-0.4, -0.2) is 25.5 Å². The van der Waals surface area contributed by atoms with E-state index in [0.29, 0.717) is 12.1 Å². The second-order valence-electron chi connectivity index (χ2n) is 3.78. The maximum absolute atomic E-state index is 11.6. The number of hydrogen-bond donors (Lipinski definition) is 0. The minimum atomic E-state index is -0.397. The Labute approximate surface area is 99.5 Å². The first kappa shape index (κ1) is 11.4. The van der Waals surface area contributed by atoms with Gasteiger partial charge in [-0.1, -0.05) is 12.6 Å². The van der Waals surface area contributed by atoms with Gasteiger partial charge in [0.2, 0.25) is 5.91 Å². The lowest BCUT2D eigenvalue weighted by atomic mass is 10.1. The number of benzene rings is 1. The molecular weight excluding hydrogens is 218 g/mol. The van der Waals surface area contributed by atoms with Crippen molar-refractivity contribution in [1.82, 2.24) is 0 Å². The summed E-state index contributed by atoms with van der Waals surface area (Å²) in [5.41, 5.74) is 2.29. The van der Waals surface area contributed by atoms with E-state index in [1.807, 2.05) is 6.07 Å². The molecule has 0 aliphatic carbocycles. The zero-order valence-electron chi connectivity index (χ0n) is 9.60. The first-order chi connectivity index (χ1) is 8.17. The number of methoxy groups -OCH3 is 1. The highest BCUT2D eigenvalue weighted by molar-refractivity contribution is 6.03. The predicted octanol–water partition coefficient (Wildman–Crippen LogP) is 1.55. The lowest BCUT2D eigenvalue weighted by Gasteiger charge is -2.15. The van der Waals surface area contributed by atoms with Gasteiger partial charge in [0.05, 0.1) is 12.7 Å². The number of amides is 1. The van der Waals surface area contributed by atoms with Crippen molar-refractivity contribution in [2.24, 2.45) is 0 Å². The highest BCUT2D eigenvalue weighted by Crippen LogP contribution is 2.29. The molecular formula is C13H13NO3. The van der Waals surface area contributed by atoms with Crippen LogP contribution in [0.2, 0.25) is 0 Å². The molecule has 1 heterocycles. The lowest BCUT2D eigenvalue weighted by Crippen LogP contribution is -2.26. The van der Waals surface area contributed by atoms with E-state index in [0.717, 1.165) is 17.7 Å². The molecule has 2 rings (SSSR count). The maximum atomic E-state index is 11.6. The lowest BCUT2D eigenvalue weighted by molar-refractivity contribution is -0.114. The van der Waals surface area contributed by atoms with Gasteiger partial charge in [0.1, 0.15) is 0 Å². The fraction of sp³-hybridized carbons (Fsp3) is 0.231. The van der Waals surface area contributed by atoms with Crippen LogP contribution in [0, 0.1) is 0 Å². The number of hydrogen-bond acceptors (Lipinski definition) is 3. The number of anilines is 1. The summed E-state index contributed by atoms with van der Waals surface area (Å²) in [5, 5.41) is 0. The molecule has 1 aromatic rings. The molecule has 4 heteroatoms. The van der Waals surface area contributed by atoms with Crippen LogP contribution in [0.4, 0.5) is 5.69 Å². The molecule has 0 bridgehead atoms. The molecule has 0 saturated carbocycles. The quantitative estimate of drug-likeness (QED) is 0.573. The number of carbonyl (C=O) groups excluding carboxylic acids is 2. The molecule has 0 saturated heterocycles. The summed E-state index contributed by atoms with van der Waals surface area (Å²) in [6.07, 6.45) is 2.08. The van der Waals surface area contributed by atoms with Crippen molar-refractivity contribution >= 4 is 17.6 Å². The van der Waals surface area contributed by atoms with E-state index in [1.165, 1.54) is 13.2 Å². The number of ether oxygens (including phenoxy) is 1. The molecule has 0 atom stereocenters. The van der Waals surface area contributed by atoms with Crippen LogP contribution < -0.4 is 4.90 Å². The minimum Gasteiger partial charge on any atom is -0.465 e. The second kappa shape index (κ2) is 4.41. The SMILES string of the molecule is C=CC(=O)N1CCc2ccc(C(=O)OC)cc21. The van der Waals surface area contributed by atoms with Crippen molar-refractivity contribution < 1.29 is 14.3 Å². The number of rotatable bonds is 2. The fourth-order valence-electron chi connectivity index (χ4n) is 1.96. The minimum absolute atomic E-state index is 0.147. The Hall–Kier alpha value is -2.10. The Bertz CT molecular complexity index is 493. The molecule has 0 N–H and O–H groups in total. The second-order valence-corrected chi connectivity index (χ2v) is 3.78. The van der Waals surface area contributed by atoms with E-state index in [4.69, 9.17) is 0 Å². The van der Waals surface area contributed by atoms with Crippen LogP contribution in [0.25, 0.3) is 0 Å². The first-order valence-electron chi connectivity index (χ1n) is 5.32. The van der Waals surface area contributed by atoms with Crippen molar-refractivity contribution in [2.75, 3.05) is 18.6 Å². The predicted molar refractivity (Wildman–Crippen MR) is 64.0 cm³/mol. The third-order valence-corrected chi connectivity index (χ3v) is 2.84. The fourth-order valence-corrected chi connectivity index (χ4v) is 1.96. The van der Waals surface area contributed by atoms with Gasteiger partial charge in [0.15, 0.2) is 0 Å². The summed E-state index contributed by atoms with van der Waals surface area (Å²) in [7, 11) is 1.34. The third kappa shape index (κ3) is 1.93. The van der Waals surface area contributed by atoms with Gasteiger partial charge in [-0.3, -0.25) is 4.79 Å². The zero-order valence-corrected chi connectivity index (χ0v) is 9.60. The molecule has 1 amide bonds. The molecule has 0 spiro atoms. The van der Waals surface area contributed by atoms with E-state index in [9.17, 15) is 9.59 Å². The number of nitrogens with zero attached hydrogens (tertiary/aromatic N) is 1. The molecule has 0 fully saturated rings. The number of fused-ring (bicyclic) bond motifs is 1. The molecule has 1 aliphatic heterocycles. The zero-order chi connectivity index (χ0) is 12.4. The normalized spacial score (nSPS) is 13.1. The van der Waals surface area contributed by atoms with E-state index < -0.39 is 5.97 Å². The third-order valence-electron chi connectivity index (χ3n) is 2.84. The van der Waals surface area contributed by atoms with Crippen LogP contribution in [0.5, 0.6) is 0 Å². The molecule has 1 aliphatic rings. The molecule has 0 unspecified atom stereocenters. The molecule has 4 nitrogen and oxygen atoms in total. The topological polar surface area (TPSA) is 46.6 Å². The maximum Gasteiger partial charge on any atom is 0.337 e. The average molecular weight is 231 g/mol. The monoisotopic (exact) mass is 231 g/mol. The Morgan fingerprint density at radius 1 is 1.47 bits per heavy atom. The van der Waals surface area contributed by atoms with Gasteiger partial charge in [-0.15, -0.1) is 0 Å². The van der Waals surface area contributed by atoms with E-state index >= 15 is 0 Å². The van der Waals surface area contributed by atoms with Gasteiger partial charge in [-0.25, -0.2) is 4.79 Å². The molecule has 1 aromatic carbocycles. The smallest absolute Gasteiger partial charge is 0.337 e. The Morgan fingerprint density at radius 3 is 2.88 bits per heavy atom. The van der Waals surface area contributed by atoms with Gasteiger partial charge in [0.25, 0.3) is 0 Å². The molecule has 0 aromatic heterocycles. The van der Waals surface area contributed by atoms with E-state index in [-0.39, 0.29) is 5.91 Å². The van der Waals surface area contributed by atoms with Gasteiger partial charge in [-0.2, -0.15) is 0 Å². The Kier molecular flexibility index (Phi) is 2.95. The molecule has 17 heavy (non-hydrogen) atoms. The van der Waals surface area contributed by atoms with Crippen molar-refractivity contribution in [2.45, 2.75) is 6.42 Å². The number of esters is 1. The van der Waals surface area contributed by atoms with Crippen LogP contribution >= 0.6 is 0 Å². The summed E-state index contributed by atoms with van der Waals surface area (Å²) in [6, 6.07) is 5.26. The van der Waals surface area contributed by atoms with Crippen molar-refractivity contribution in [3.63, 3.8) is 0 Å². The molecule has 88 valence electrons. The summed E-state index contributed by atoms with van der Waals surface area (Å²) in [6.45, 7) is 4.10. The summed E-state index contributed by atoms with van der Waals surface area (Å²) < 4.78 is 4.66. The Balaban J connectivity index is 2.40. The molecule has 0 radical (unpaired) electrons. The van der Waals surface area contributed by atoms with Crippen LogP contribution in [0.15, 0.2) is 30.9 Å². The summed E-state index contributed by atoms with van der Waals surface area (Å²) >= 11 is 0. The van der Waals surface area contributed by atoms with Gasteiger partial charge >= 0.3 is 5.97 Å². The van der Waals surface area contributed by atoms with Crippen molar-refractivity contribution in [1.29, 1.82) is 0 Å². The van der Waals surface area contributed by atoms with Crippen LogP contribution in [0.3, 0.4) is 0 Å². The first-order valence-corrected chi connectivity index (χ1v) is 5.32. The van der Waals surface area contributed by atoms with Crippen molar-refractivity contribution in [3.8, 4) is 0 Å². The van der Waals surface area contributed by atoms with Crippen LogP contribution in [-0.2, 0) is 16.0 Å². The average Bonchev–Trinajstić information content (AvgIpc) is 2.79. The summed E-state index contributed by atoms with van der Waals surface area (Å²) in [4.78, 5) is 24.7.